The lowest BCUT2D eigenvalue weighted by Gasteiger charge is -2.15. The predicted molar refractivity (Wildman–Crippen MR) is 154 cm³/mol. The van der Waals surface area contributed by atoms with E-state index >= 15 is 0 Å². The molecular formula is C30H31ClN2O3S. The molecule has 4 rings (SSSR count). The fraction of sp³-hybridized carbons (Fsp3) is 0.267. The molecule has 37 heavy (non-hydrogen) atoms. The average Bonchev–Trinajstić information content (AvgIpc) is 3.18. The van der Waals surface area contributed by atoms with Crippen molar-refractivity contribution in [3.05, 3.63) is 93.3 Å². The number of nitrogens with zero attached hydrogens (tertiary/aromatic N) is 2. The van der Waals surface area contributed by atoms with Crippen molar-refractivity contribution in [1.29, 1.82) is 0 Å². The van der Waals surface area contributed by atoms with Gasteiger partial charge in [-0.25, -0.2) is 4.99 Å². The number of carbonyl (C=O) groups is 1. The molecule has 0 atom stereocenters. The van der Waals surface area contributed by atoms with Crippen molar-refractivity contribution in [2.75, 3.05) is 13.2 Å². The van der Waals surface area contributed by atoms with Crippen LogP contribution in [0.5, 0.6) is 11.5 Å². The largest absolute Gasteiger partial charge is 0.490 e. The molecule has 0 bridgehead atoms. The van der Waals surface area contributed by atoms with E-state index < -0.39 is 0 Å². The molecule has 3 aromatic rings. The summed E-state index contributed by atoms with van der Waals surface area (Å²) in [7, 11) is 0. The molecule has 7 heteroatoms. The van der Waals surface area contributed by atoms with Crippen LogP contribution >= 0.6 is 23.4 Å². The van der Waals surface area contributed by atoms with Crippen molar-refractivity contribution >= 4 is 46.2 Å². The average molecular weight is 535 g/mol. The van der Waals surface area contributed by atoms with Gasteiger partial charge in [0.1, 0.15) is 6.61 Å². The Kier molecular flexibility index (Phi) is 9.31. The number of amidine groups is 1. The summed E-state index contributed by atoms with van der Waals surface area (Å²) in [5, 5.41) is 1.40. The first kappa shape index (κ1) is 26.8. The van der Waals surface area contributed by atoms with E-state index in [9.17, 15) is 4.79 Å². The molecule has 0 radical (unpaired) electrons. The Labute approximate surface area is 228 Å². The number of hydrogen-bond donors (Lipinski definition) is 0. The van der Waals surface area contributed by atoms with Gasteiger partial charge in [0.25, 0.3) is 5.91 Å². The predicted octanol–water partition coefficient (Wildman–Crippen LogP) is 8.03. The lowest BCUT2D eigenvalue weighted by molar-refractivity contribution is -0.122. The number of aryl methyl sites for hydroxylation is 1. The summed E-state index contributed by atoms with van der Waals surface area (Å²) in [6.07, 6.45) is 3.82. The van der Waals surface area contributed by atoms with Gasteiger partial charge in [-0.2, -0.15) is 0 Å². The zero-order valence-corrected chi connectivity index (χ0v) is 22.9. The molecule has 1 saturated heterocycles. The standard InChI is InChI=1S/C30H31ClN2O3S/c1-4-6-17-33-29(34)28(37-30(33)32-25-14-7-21(3)8-15-25)19-23-11-16-26(27(18-23)35-5-2)36-20-22-9-12-24(31)13-10-22/h7-16,18-19H,4-6,17,20H2,1-3H3/b28-19+,32-30?. The van der Waals surface area contributed by atoms with Gasteiger partial charge in [-0.05, 0) is 85.6 Å². The smallest absolute Gasteiger partial charge is 0.266 e. The van der Waals surface area contributed by atoms with Crippen LogP contribution in [0.2, 0.25) is 5.02 Å². The Hall–Kier alpha value is -3.22. The third-order valence-corrected chi connectivity index (χ3v) is 7.01. The van der Waals surface area contributed by atoms with E-state index in [0.29, 0.717) is 46.4 Å². The number of amides is 1. The fourth-order valence-electron chi connectivity index (χ4n) is 3.73. The zero-order valence-electron chi connectivity index (χ0n) is 21.4. The molecule has 3 aromatic carbocycles. The molecule has 1 aliphatic heterocycles. The van der Waals surface area contributed by atoms with Crippen LogP contribution in [0.4, 0.5) is 5.69 Å². The quantitative estimate of drug-likeness (QED) is 0.247. The minimum Gasteiger partial charge on any atom is -0.490 e. The van der Waals surface area contributed by atoms with Gasteiger partial charge in [0.15, 0.2) is 16.7 Å². The maximum absolute atomic E-state index is 13.3. The van der Waals surface area contributed by atoms with Gasteiger partial charge in [-0.3, -0.25) is 9.69 Å². The van der Waals surface area contributed by atoms with Gasteiger partial charge >= 0.3 is 0 Å². The number of benzene rings is 3. The Morgan fingerprint density at radius 2 is 1.73 bits per heavy atom. The Morgan fingerprint density at radius 1 is 0.973 bits per heavy atom. The van der Waals surface area contributed by atoms with Crippen LogP contribution < -0.4 is 9.47 Å². The second kappa shape index (κ2) is 12.8. The van der Waals surface area contributed by atoms with Crippen LogP contribution in [0.25, 0.3) is 6.08 Å². The molecule has 0 aliphatic carbocycles. The van der Waals surface area contributed by atoms with E-state index in [4.69, 9.17) is 26.1 Å². The molecule has 0 N–H and O–H groups in total. The van der Waals surface area contributed by atoms with Crippen molar-refractivity contribution in [3.8, 4) is 11.5 Å². The molecular weight excluding hydrogens is 504 g/mol. The second-order valence-electron chi connectivity index (χ2n) is 8.71. The van der Waals surface area contributed by atoms with E-state index in [1.165, 1.54) is 17.3 Å². The molecule has 0 unspecified atom stereocenters. The van der Waals surface area contributed by atoms with Crippen LogP contribution in [0.1, 0.15) is 43.4 Å². The lowest BCUT2D eigenvalue weighted by atomic mass is 10.1. The van der Waals surface area contributed by atoms with Gasteiger partial charge in [0.05, 0.1) is 17.2 Å². The molecule has 1 aliphatic rings. The monoisotopic (exact) mass is 534 g/mol. The number of carbonyl (C=O) groups excluding carboxylic acids is 1. The normalized spacial score (nSPS) is 15.6. The summed E-state index contributed by atoms with van der Waals surface area (Å²) in [5.41, 5.74) is 3.89. The molecule has 1 heterocycles. The number of ether oxygens (including phenoxy) is 2. The van der Waals surface area contributed by atoms with Gasteiger partial charge in [0, 0.05) is 11.6 Å². The maximum atomic E-state index is 13.3. The summed E-state index contributed by atoms with van der Waals surface area (Å²) in [6.45, 7) is 7.65. The number of unbranched alkanes of at least 4 members (excludes halogenated alkanes) is 1. The summed E-state index contributed by atoms with van der Waals surface area (Å²) in [4.78, 5) is 20.5. The van der Waals surface area contributed by atoms with E-state index in [-0.39, 0.29) is 5.91 Å². The Balaban J connectivity index is 1.57. The number of halogens is 1. The number of aliphatic imine (C=N–C) groups is 1. The molecule has 1 fully saturated rings. The molecule has 0 spiro atoms. The molecule has 1 amide bonds. The highest BCUT2D eigenvalue weighted by atomic mass is 35.5. The number of rotatable bonds is 10. The van der Waals surface area contributed by atoms with Crippen LogP contribution in [-0.2, 0) is 11.4 Å². The van der Waals surface area contributed by atoms with Crippen LogP contribution in [0.15, 0.2) is 76.6 Å². The SMILES string of the molecule is CCCCN1C(=O)/C(=C\c2ccc(OCc3ccc(Cl)cc3)c(OCC)c2)SC1=Nc1ccc(C)cc1. The van der Waals surface area contributed by atoms with Crippen molar-refractivity contribution in [2.45, 2.75) is 40.2 Å². The van der Waals surface area contributed by atoms with Gasteiger partial charge in [-0.15, -0.1) is 0 Å². The van der Waals surface area contributed by atoms with Gasteiger partial charge < -0.3 is 9.47 Å². The minimum absolute atomic E-state index is 0.0228. The highest BCUT2D eigenvalue weighted by molar-refractivity contribution is 8.18. The van der Waals surface area contributed by atoms with E-state index in [1.807, 2.05) is 86.7 Å². The number of hydrogen-bond acceptors (Lipinski definition) is 5. The lowest BCUT2D eigenvalue weighted by Crippen LogP contribution is -2.30. The van der Waals surface area contributed by atoms with E-state index in [1.54, 1.807) is 4.90 Å². The van der Waals surface area contributed by atoms with Crippen molar-refractivity contribution < 1.29 is 14.3 Å². The molecule has 0 saturated carbocycles. The third kappa shape index (κ3) is 7.18. The second-order valence-corrected chi connectivity index (χ2v) is 10.2. The van der Waals surface area contributed by atoms with Gasteiger partial charge in [-0.1, -0.05) is 60.8 Å². The van der Waals surface area contributed by atoms with E-state index in [2.05, 4.69) is 6.92 Å². The summed E-state index contributed by atoms with van der Waals surface area (Å²) in [5.74, 6) is 1.26. The van der Waals surface area contributed by atoms with Crippen molar-refractivity contribution in [1.82, 2.24) is 4.90 Å². The number of thioether (sulfide) groups is 1. The Bertz CT molecular complexity index is 1290. The first-order chi connectivity index (χ1) is 18.0. The van der Waals surface area contributed by atoms with E-state index in [0.717, 1.165) is 29.7 Å². The minimum atomic E-state index is -0.0228. The topological polar surface area (TPSA) is 51.1 Å². The first-order valence-electron chi connectivity index (χ1n) is 12.5. The molecule has 5 nitrogen and oxygen atoms in total. The van der Waals surface area contributed by atoms with Crippen molar-refractivity contribution in [3.63, 3.8) is 0 Å². The molecule has 0 aromatic heterocycles. The highest BCUT2D eigenvalue weighted by Gasteiger charge is 2.33. The fourth-order valence-corrected chi connectivity index (χ4v) is 4.88. The maximum Gasteiger partial charge on any atom is 0.266 e. The van der Waals surface area contributed by atoms with Gasteiger partial charge in [0.2, 0.25) is 0 Å². The first-order valence-corrected chi connectivity index (χ1v) is 13.7. The zero-order chi connectivity index (χ0) is 26.2. The van der Waals surface area contributed by atoms with Crippen LogP contribution in [-0.4, -0.2) is 29.1 Å². The van der Waals surface area contributed by atoms with Crippen LogP contribution in [0.3, 0.4) is 0 Å². The van der Waals surface area contributed by atoms with Crippen molar-refractivity contribution in [2.24, 2.45) is 4.99 Å². The summed E-state index contributed by atoms with van der Waals surface area (Å²) < 4.78 is 11.9. The highest BCUT2D eigenvalue weighted by Crippen LogP contribution is 2.36. The Morgan fingerprint density at radius 3 is 2.43 bits per heavy atom. The van der Waals surface area contributed by atoms with Crippen LogP contribution in [0, 0.1) is 6.92 Å². The third-order valence-electron chi connectivity index (χ3n) is 5.76. The summed E-state index contributed by atoms with van der Waals surface area (Å²) >= 11 is 7.39. The summed E-state index contributed by atoms with van der Waals surface area (Å²) in [6, 6.07) is 21.3. The molecule has 192 valence electrons.